The second-order valence-corrected chi connectivity index (χ2v) is 7.07. The van der Waals surface area contributed by atoms with Crippen LogP contribution in [0.2, 0.25) is 5.02 Å². The lowest BCUT2D eigenvalue weighted by molar-refractivity contribution is -0.121. The molecule has 26 heavy (non-hydrogen) atoms. The summed E-state index contributed by atoms with van der Waals surface area (Å²) in [5.41, 5.74) is 1.13. The number of aromatic nitrogens is 1. The van der Waals surface area contributed by atoms with Gasteiger partial charge in [-0.15, -0.1) is 0 Å². The summed E-state index contributed by atoms with van der Waals surface area (Å²) in [7, 11) is 0. The van der Waals surface area contributed by atoms with Crippen molar-refractivity contribution in [3.05, 3.63) is 59.4 Å². The molecule has 6 heteroatoms. The molecule has 5 nitrogen and oxygen atoms in total. The first-order valence-electron chi connectivity index (χ1n) is 9.14. The molecule has 0 spiro atoms. The Kier molecular flexibility index (Phi) is 7.12. The van der Waals surface area contributed by atoms with E-state index in [0.717, 1.165) is 45.0 Å². The minimum Gasteiger partial charge on any atom is -0.379 e. The summed E-state index contributed by atoms with van der Waals surface area (Å²) in [5, 5.41) is 3.78. The number of carbonyl (C=O) groups is 1. The van der Waals surface area contributed by atoms with Crippen molar-refractivity contribution in [2.75, 3.05) is 39.4 Å². The Morgan fingerprint density at radius 3 is 2.54 bits per heavy atom. The molecule has 1 fully saturated rings. The lowest BCUT2D eigenvalue weighted by Crippen LogP contribution is -2.41. The topological polar surface area (TPSA) is 46.5 Å². The number of nitrogens with one attached hydrogen (secondary N) is 1. The van der Waals surface area contributed by atoms with Gasteiger partial charge in [-0.25, -0.2) is 0 Å². The lowest BCUT2D eigenvalue weighted by atomic mass is 9.95. The third-order valence-electron chi connectivity index (χ3n) is 4.72. The standard InChI is InChI=1S/C20H26ClN3O2/c21-19-5-3-17(4-6-19)18(16-24-8-1-2-9-24)15-20(25)22-7-10-23-11-13-26-14-12-23/h1-6,8-9,18H,7,10-16H2,(H,22,25)/t18-/m0/s1. The fraction of sp³-hybridized carbons (Fsp3) is 0.450. The van der Waals surface area contributed by atoms with Gasteiger partial charge in [-0.1, -0.05) is 23.7 Å². The number of carbonyl (C=O) groups excluding carboxylic acids is 1. The summed E-state index contributed by atoms with van der Waals surface area (Å²) in [6.45, 7) is 5.76. The van der Waals surface area contributed by atoms with Crippen LogP contribution in [0.4, 0.5) is 0 Å². The monoisotopic (exact) mass is 375 g/mol. The van der Waals surface area contributed by atoms with E-state index in [1.54, 1.807) is 0 Å². The first kappa shape index (κ1) is 19.0. The number of benzene rings is 1. The highest BCUT2D eigenvalue weighted by atomic mass is 35.5. The van der Waals surface area contributed by atoms with Crippen LogP contribution in [0, 0.1) is 0 Å². The molecule has 1 aromatic carbocycles. The van der Waals surface area contributed by atoms with Gasteiger partial charge >= 0.3 is 0 Å². The molecule has 140 valence electrons. The molecular weight excluding hydrogens is 350 g/mol. The largest absolute Gasteiger partial charge is 0.379 e. The summed E-state index contributed by atoms with van der Waals surface area (Å²) in [4.78, 5) is 14.8. The van der Waals surface area contributed by atoms with E-state index in [0.29, 0.717) is 18.0 Å². The Labute approximate surface area is 159 Å². The van der Waals surface area contributed by atoms with E-state index in [1.165, 1.54) is 0 Å². The molecule has 2 heterocycles. The number of hydrogen-bond donors (Lipinski definition) is 1. The van der Waals surface area contributed by atoms with E-state index in [4.69, 9.17) is 16.3 Å². The van der Waals surface area contributed by atoms with E-state index in [-0.39, 0.29) is 11.8 Å². The highest BCUT2D eigenvalue weighted by Crippen LogP contribution is 2.23. The Morgan fingerprint density at radius 1 is 1.15 bits per heavy atom. The second-order valence-electron chi connectivity index (χ2n) is 6.64. The Bertz CT molecular complexity index is 667. The summed E-state index contributed by atoms with van der Waals surface area (Å²) >= 11 is 6.01. The molecule has 0 radical (unpaired) electrons. The van der Waals surface area contributed by atoms with Crippen LogP contribution in [0.5, 0.6) is 0 Å². The fourth-order valence-corrected chi connectivity index (χ4v) is 3.37. The molecule has 1 amide bonds. The van der Waals surface area contributed by atoms with Crippen LogP contribution < -0.4 is 5.32 Å². The van der Waals surface area contributed by atoms with Crippen LogP contribution in [0.1, 0.15) is 17.9 Å². The van der Waals surface area contributed by atoms with Gasteiger partial charge in [0.25, 0.3) is 0 Å². The van der Waals surface area contributed by atoms with Crippen molar-refractivity contribution in [2.24, 2.45) is 0 Å². The van der Waals surface area contributed by atoms with Crippen molar-refractivity contribution in [1.82, 2.24) is 14.8 Å². The van der Waals surface area contributed by atoms with Gasteiger partial charge in [0, 0.05) is 62.5 Å². The van der Waals surface area contributed by atoms with Crippen molar-refractivity contribution in [3.63, 3.8) is 0 Å². The highest BCUT2D eigenvalue weighted by Gasteiger charge is 2.17. The summed E-state index contributed by atoms with van der Waals surface area (Å²) in [6, 6.07) is 11.8. The maximum absolute atomic E-state index is 12.5. The molecule has 1 aromatic heterocycles. The van der Waals surface area contributed by atoms with Crippen LogP contribution in [0.25, 0.3) is 0 Å². The molecule has 1 aliphatic heterocycles. The van der Waals surface area contributed by atoms with Crippen molar-refractivity contribution < 1.29 is 9.53 Å². The minimum atomic E-state index is 0.0883. The van der Waals surface area contributed by atoms with Crippen molar-refractivity contribution in [3.8, 4) is 0 Å². The molecule has 0 bridgehead atoms. The minimum absolute atomic E-state index is 0.0883. The number of halogens is 1. The quantitative estimate of drug-likeness (QED) is 0.771. The van der Waals surface area contributed by atoms with E-state index in [9.17, 15) is 4.79 Å². The summed E-state index contributed by atoms with van der Waals surface area (Å²) in [6.07, 6.45) is 4.52. The Hall–Kier alpha value is -1.82. The average Bonchev–Trinajstić information content (AvgIpc) is 3.16. The number of amides is 1. The third-order valence-corrected chi connectivity index (χ3v) is 4.98. The van der Waals surface area contributed by atoms with Crippen molar-refractivity contribution in [2.45, 2.75) is 18.9 Å². The summed E-state index contributed by atoms with van der Waals surface area (Å²) in [5.74, 6) is 0.202. The SMILES string of the molecule is O=C(C[C@@H](Cn1cccc1)c1ccc(Cl)cc1)NCCN1CCOCC1. The molecule has 1 saturated heterocycles. The highest BCUT2D eigenvalue weighted by molar-refractivity contribution is 6.30. The zero-order valence-electron chi connectivity index (χ0n) is 14.9. The molecular formula is C20H26ClN3O2. The number of ether oxygens (including phenoxy) is 1. The van der Waals surface area contributed by atoms with Crippen LogP contribution in [0.3, 0.4) is 0 Å². The van der Waals surface area contributed by atoms with Gasteiger partial charge in [0.1, 0.15) is 0 Å². The molecule has 0 saturated carbocycles. The molecule has 0 aliphatic carbocycles. The maximum Gasteiger partial charge on any atom is 0.220 e. The van der Waals surface area contributed by atoms with Crippen LogP contribution in [-0.2, 0) is 16.1 Å². The molecule has 0 unspecified atom stereocenters. The van der Waals surface area contributed by atoms with Gasteiger partial charge < -0.3 is 14.6 Å². The summed E-state index contributed by atoms with van der Waals surface area (Å²) < 4.78 is 7.46. The van der Waals surface area contributed by atoms with Gasteiger partial charge in [-0.2, -0.15) is 0 Å². The normalized spacial score (nSPS) is 16.3. The number of rotatable bonds is 8. The Balaban J connectivity index is 1.54. The zero-order chi connectivity index (χ0) is 18.2. The van der Waals surface area contributed by atoms with Crippen LogP contribution in [-0.4, -0.2) is 54.8 Å². The average molecular weight is 376 g/mol. The van der Waals surface area contributed by atoms with E-state index in [1.807, 2.05) is 48.8 Å². The van der Waals surface area contributed by atoms with Crippen molar-refractivity contribution in [1.29, 1.82) is 0 Å². The first-order valence-corrected chi connectivity index (χ1v) is 9.51. The number of nitrogens with zero attached hydrogens (tertiary/aromatic N) is 2. The van der Waals surface area contributed by atoms with Gasteiger partial charge in [-0.05, 0) is 29.8 Å². The predicted octanol–water partition coefficient (Wildman–Crippen LogP) is 2.76. The van der Waals surface area contributed by atoms with Crippen molar-refractivity contribution >= 4 is 17.5 Å². The van der Waals surface area contributed by atoms with E-state index in [2.05, 4.69) is 14.8 Å². The zero-order valence-corrected chi connectivity index (χ0v) is 15.7. The van der Waals surface area contributed by atoms with Crippen LogP contribution >= 0.6 is 11.6 Å². The molecule has 1 N–H and O–H groups in total. The molecule has 1 aliphatic rings. The van der Waals surface area contributed by atoms with E-state index < -0.39 is 0 Å². The number of hydrogen-bond acceptors (Lipinski definition) is 3. The maximum atomic E-state index is 12.5. The molecule has 1 atom stereocenters. The van der Waals surface area contributed by atoms with Gasteiger partial charge in [0.05, 0.1) is 13.2 Å². The number of morpholine rings is 1. The smallest absolute Gasteiger partial charge is 0.220 e. The molecule has 2 aromatic rings. The second kappa shape index (κ2) is 9.76. The lowest BCUT2D eigenvalue weighted by Gasteiger charge is -2.26. The van der Waals surface area contributed by atoms with Gasteiger partial charge in [0.2, 0.25) is 5.91 Å². The molecule has 3 rings (SSSR count). The van der Waals surface area contributed by atoms with E-state index >= 15 is 0 Å². The first-order chi connectivity index (χ1) is 12.7. The van der Waals surface area contributed by atoms with Crippen LogP contribution in [0.15, 0.2) is 48.8 Å². The predicted molar refractivity (Wildman–Crippen MR) is 104 cm³/mol. The van der Waals surface area contributed by atoms with Gasteiger partial charge in [-0.3, -0.25) is 9.69 Å². The Morgan fingerprint density at radius 2 is 1.85 bits per heavy atom. The third kappa shape index (κ3) is 5.87. The van der Waals surface area contributed by atoms with Gasteiger partial charge in [0.15, 0.2) is 0 Å². The fourth-order valence-electron chi connectivity index (χ4n) is 3.24.